The highest BCUT2D eigenvalue weighted by atomic mass is 15.2. The Bertz CT molecular complexity index is 218. The maximum atomic E-state index is 3.56. The van der Waals surface area contributed by atoms with Crippen LogP contribution in [0.5, 0.6) is 0 Å². The Labute approximate surface area is 114 Å². The number of hydrogen-bond acceptors (Lipinski definition) is 3. The highest BCUT2D eigenvalue weighted by molar-refractivity contribution is 4.82. The van der Waals surface area contributed by atoms with Crippen molar-refractivity contribution in [2.24, 2.45) is 5.92 Å². The second-order valence-electron chi connectivity index (χ2n) is 6.27. The summed E-state index contributed by atoms with van der Waals surface area (Å²) in [7, 11) is 2.27. The van der Waals surface area contributed by atoms with Gasteiger partial charge in [-0.1, -0.05) is 20.8 Å². The van der Waals surface area contributed by atoms with Gasteiger partial charge in [-0.2, -0.15) is 0 Å². The van der Waals surface area contributed by atoms with Gasteiger partial charge in [0.1, 0.15) is 0 Å². The maximum absolute atomic E-state index is 3.56. The van der Waals surface area contributed by atoms with E-state index < -0.39 is 0 Å². The second kappa shape index (κ2) is 8.13. The molecule has 1 rings (SSSR count). The predicted octanol–water partition coefficient (Wildman–Crippen LogP) is 2.04. The van der Waals surface area contributed by atoms with E-state index in [0.717, 1.165) is 25.0 Å². The summed E-state index contributed by atoms with van der Waals surface area (Å²) in [6.07, 6.45) is 2.76. The first kappa shape index (κ1) is 15.9. The molecule has 1 heterocycles. The fraction of sp³-hybridized carbons (Fsp3) is 1.00. The molecular weight excluding hydrogens is 222 g/mol. The molecular formula is C15H33N3. The van der Waals surface area contributed by atoms with Crippen LogP contribution in [0.2, 0.25) is 0 Å². The lowest BCUT2D eigenvalue weighted by molar-refractivity contribution is 0.167. The van der Waals surface area contributed by atoms with Gasteiger partial charge in [0, 0.05) is 25.2 Å². The normalized spacial score (nSPS) is 23.2. The number of rotatable bonds is 8. The average Bonchev–Trinajstić information content (AvgIpc) is 2.75. The fourth-order valence-electron chi connectivity index (χ4n) is 2.77. The maximum Gasteiger partial charge on any atom is 0.0223 e. The number of hydrogen-bond donors (Lipinski definition) is 1. The van der Waals surface area contributed by atoms with Gasteiger partial charge in [0.05, 0.1) is 0 Å². The Morgan fingerprint density at radius 3 is 2.61 bits per heavy atom. The molecule has 18 heavy (non-hydrogen) atoms. The Balaban J connectivity index is 2.24. The van der Waals surface area contributed by atoms with Crippen LogP contribution in [0.3, 0.4) is 0 Å². The molecule has 2 atom stereocenters. The average molecular weight is 255 g/mol. The van der Waals surface area contributed by atoms with Gasteiger partial charge < -0.3 is 10.2 Å². The van der Waals surface area contributed by atoms with Gasteiger partial charge in [0.2, 0.25) is 0 Å². The van der Waals surface area contributed by atoms with E-state index in [1.165, 1.54) is 32.5 Å². The van der Waals surface area contributed by atoms with Crippen LogP contribution in [-0.2, 0) is 0 Å². The molecule has 0 aliphatic carbocycles. The number of likely N-dealkylation sites (N-methyl/N-ethyl adjacent to an activating group) is 2. The largest absolute Gasteiger partial charge is 0.315 e. The van der Waals surface area contributed by atoms with Crippen LogP contribution in [0.4, 0.5) is 0 Å². The van der Waals surface area contributed by atoms with Crippen LogP contribution in [0.1, 0.15) is 40.5 Å². The van der Waals surface area contributed by atoms with Crippen LogP contribution in [-0.4, -0.2) is 61.7 Å². The minimum atomic E-state index is 0.628. The summed E-state index contributed by atoms with van der Waals surface area (Å²) in [5.74, 6) is 0.743. The van der Waals surface area contributed by atoms with Gasteiger partial charge >= 0.3 is 0 Å². The Morgan fingerprint density at radius 1 is 1.28 bits per heavy atom. The zero-order valence-electron chi connectivity index (χ0n) is 13.1. The molecule has 108 valence electrons. The van der Waals surface area contributed by atoms with Gasteiger partial charge in [0.25, 0.3) is 0 Å². The molecule has 1 fully saturated rings. The van der Waals surface area contributed by atoms with E-state index in [-0.39, 0.29) is 0 Å². The molecule has 0 radical (unpaired) electrons. The third-order valence-corrected chi connectivity index (χ3v) is 4.15. The number of nitrogens with one attached hydrogen (secondary N) is 1. The van der Waals surface area contributed by atoms with E-state index in [4.69, 9.17) is 0 Å². The molecule has 1 saturated heterocycles. The summed E-state index contributed by atoms with van der Waals surface area (Å²) in [5.41, 5.74) is 0. The van der Waals surface area contributed by atoms with Gasteiger partial charge in [0.15, 0.2) is 0 Å². The molecule has 0 spiro atoms. The quantitative estimate of drug-likeness (QED) is 0.716. The van der Waals surface area contributed by atoms with E-state index in [1.807, 2.05) is 0 Å². The van der Waals surface area contributed by atoms with Crippen LogP contribution in [0, 0.1) is 5.92 Å². The number of nitrogens with zero attached hydrogens (tertiary/aromatic N) is 2. The van der Waals surface area contributed by atoms with Crippen LogP contribution < -0.4 is 5.32 Å². The minimum Gasteiger partial charge on any atom is -0.315 e. The molecule has 3 nitrogen and oxygen atoms in total. The zero-order chi connectivity index (χ0) is 13.5. The van der Waals surface area contributed by atoms with E-state index in [2.05, 4.69) is 49.9 Å². The summed E-state index contributed by atoms with van der Waals surface area (Å²) in [6.45, 7) is 15.1. The Hall–Kier alpha value is -0.120. The Morgan fingerprint density at radius 2 is 2.00 bits per heavy atom. The summed E-state index contributed by atoms with van der Waals surface area (Å²) in [4.78, 5) is 5.15. The first-order chi connectivity index (χ1) is 8.54. The molecule has 2 unspecified atom stereocenters. The van der Waals surface area contributed by atoms with Crippen LogP contribution in [0.15, 0.2) is 0 Å². The van der Waals surface area contributed by atoms with Gasteiger partial charge in [-0.3, -0.25) is 4.90 Å². The lowest BCUT2D eigenvalue weighted by atomic mass is 10.1. The first-order valence-electron chi connectivity index (χ1n) is 7.69. The van der Waals surface area contributed by atoms with Crippen molar-refractivity contribution in [1.29, 1.82) is 0 Å². The third-order valence-electron chi connectivity index (χ3n) is 4.15. The molecule has 1 N–H and O–H groups in total. The van der Waals surface area contributed by atoms with Crippen molar-refractivity contribution in [3.63, 3.8) is 0 Å². The van der Waals surface area contributed by atoms with Gasteiger partial charge in [-0.25, -0.2) is 0 Å². The van der Waals surface area contributed by atoms with E-state index in [9.17, 15) is 0 Å². The molecule has 1 aliphatic heterocycles. The lowest BCUT2D eigenvalue weighted by Crippen LogP contribution is -2.45. The smallest absolute Gasteiger partial charge is 0.0223 e. The van der Waals surface area contributed by atoms with E-state index in [1.54, 1.807) is 0 Å². The standard InChI is InChI=1S/C15H33N3/c1-6-18-9-7-8-15(18)12-17(5)14(4)11-16-10-13(2)3/h13-16H,6-12H2,1-5H3. The molecule has 0 aromatic heterocycles. The second-order valence-corrected chi connectivity index (χ2v) is 6.27. The predicted molar refractivity (Wildman–Crippen MR) is 80.1 cm³/mol. The monoisotopic (exact) mass is 255 g/mol. The third kappa shape index (κ3) is 5.25. The first-order valence-corrected chi connectivity index (χ1v) is 7.69. The van der Waals surface area contributed by atoms with E-state index >= 15 is 0 Å². The van der Waals surface area contributed by atoms with Crippen molar-refractivity contribution in [2.75, 3.05) is 39.8 Å². The highest BCUT2D eigenvalue weighted by Gasteiger charge is 2.25. The van der Waals surface area contributed by atoms with Crippen LogP contribution in [0.25, 0.3) is 0 Å². The molecule has 0 bridgehead atoms. The summed E-state index contributed by atoms with van der Waals surface area (Å²) < 4.78 is 0. The van der Waals surface area contributed by atoms with Crippen LogP contribution >= 0.6 is 0 Å². The lowest BCUT2D eigenvalue weighted by Gasteiger charge is -2.31. The topological polar surface area (TPSA) is 18.5 Å². The van der Waals surface area contributed by atoms with Crippen molar-refractivity contribution in [3.8, 4) is 0 Å². The molecule has 0 saturated carbocycles. The minimum absolute atomic E-state index is 0.628. The summed E-state index contributed by atoms with van der Waals surface area (Å²) in [6, 6.07) is 1.41. The van der Waals surface area contributed by atoms with Crippen molar-refractivity contribution in [3.05, 3.63) is 0 Å². The summed E-state index contributed by atoms with van der Waals surface area (Å²) >= 11 is 0. The molecule has 0 amide bonds. The van der Waals surface area contributed by atoms with Crippen molar-refractivity contribution in [1.82, 2.24) is 15.1 Å². The zero-order valence-corrected chi connectivity index (χ0v) is 13.1. The van der Waals surface area contributed by atoms with E-state index in [0.29, 0.717) is 6.04 Å². The van der Waals surface area contributed by atoms with Gasteiger partial charge in [-0.05, 0) is 52.4 Å². The SMILES string of the molecule is CCN1CCCC1CN(C)C(C)CNCC(C)C. The Kier molecular flexibility index (Phi) is 7.20. The van der Waals surface area contributed by atoms with Gasteiger partial charge in [-0.15, -0.1) is 0 Å². The molecule has 0 aromatic carbocycles. The molecule has 3 heteroatoms. The summed E-state index contributed by atoms with van der Waals surface area (Å²) in [5, 5.41) is 3.56. The molecule has 1 aliphatic rings. The molecule has 0 aromatic rings. The van der Waals surface area contributed by atoms with Crippen molar-refractivity contribution < 1.29 is 0 Å². The van der Waals surface area contributed by atoms with Crippen molar-refractivity contribution >= 4 is 0 Å². The van der Waals surface area contributed by atoms with Crippen molar-refractivity contribution in [2.45, 2.75) is 52.6 Å². The number of likely N-dealkylation sites (tertiary alicyclic amines) is 1. The highest BCUT2D eigenvalue weighted by Crippen LogP contribution is 2.17. The fourth-order valence-corrected chi connectivity index (χ4v) is 2.77.